The average molecular weight is 326 g/mol. The summed E-state index contributed by atoms with van der Waals surface area (Å²) in [5, 5.41) is 11.5. The van der Waals surface area contributed by atoms with Crippen molar-refractivity contribution in [3.8, 4) is 0 Å². The number of nitrogens with one attached hydrogen (secondary N) is 1. The molecule has 0 atom stereocenters. The Labute approximate surface area is 143 Å². The molecule has 0 bridgehead atoms. The number of aromatic nitrogens is 3. The SMILES string of the molecule is CCN(CC)c1nncc(Nc2ccc(N3CCCCC3)cc2)n1. The van der Waals surface area contributed by atoms with Crippen LogP contribution in [-0.2, 0) is 0 Å². The molecule has 128 valence electrons. The normalized spacial score (nSPS) is 14.5. The summed E-state index contributed by atoms with van der Waals surface area (Å²) in [5.41, 5.74) is 2.31. The fraction of sp³-hybridized carbons (Fsp3) is 0.500. The van der Waals surface area contributed by atoms with Crippen molar-refractivity contribution in [2.75, 3.05) is 41.3 Å². The van der Waals surface area contributed by atoms with Crippen LogP contribution in [0.25, 0.3) is 0 Å². The van der Waals surface area contributed by atoms with E-state index in [0.717, 1.165) is 37.7 Å². The highest BCUT2D eigenvalue weighted by atomic mass is 15.3. The molecule has 1 aromatic heterocycles. The van der Waals surface area contributed by atoms with Gasteiger partial charge in [0.2, 0.25) is 5.95 Å². The van der Waals surface area contributed by atoms with Gasteiger partial charge >= 0.3 is 0 Å². The molecule has 0 radical (unpaired) electrons. The van der Waals surface area contributed by atoms with Gasteiger partial charge in [0.25, 0.3) is 0 Å². The summed E-state index contributed by atoms with van der Waals surface area (Å²) in [4.78, 5) is 9.09. The molecule has 2 aromatic rings. The number of nitrogens with zero attached hydrogens (tertiary/aromatic N) is 5. The Balaban J connectivity index is 1.68. The maximum absolute atomic E-state index is 4.55. The fourth-order valence-electron chi connectivity index (χ4n) is 3.05. The van der Waals surface area contributed by atoms with Crippen molar-refractivity contribution in [3.05, 3.63) is 30.5 Å². The lowest BCUT2D eigenvalue weighted by molar-refractivity contribution is 0.578. The van der Waals surface area contributed by atoms with Crippen molar-refractivity contribution >= 4 is 23.1 Å². The van der Waals surface area contributed by atoms with Gasteiger partial charge in [0.05, 0.1) is 6.20 Å². The molecule has 24 heavy (non-hydrogen) atoms. The van der Waals surface area contributed by atoms with Crippen molar-refractivity contribution < 1.29 is 0 Å². The molecule has 6 heteroatoms. The summed E-state index contributed by atoms with van der Waals surface area (Å²) >= 11 is 0. The molecular weight excluding hydrogens is 300 g/mol. The van der Waals surface area contributed by atoms with Crippen LogP contribution in [0.3, 0.4) is 0 Å². The molecular formula is C18H26N6. The van der Waals surface area contributed by atoms with Crippen LogP contribution in [0.4, 0.5) is 23.1 Å². The molecule has 0 saturated carbocycles. The van der Waals surface area contributed by atoms with Gasteiger partial charge in [-0.05, 0) is 57.4 Å². The number of hydrogen-bond donors (Lipinski definition) is 1. The first-order valence-electron chi connectivity index (χ1n) is 8.87. The maximum Gasteiger partial charge on any atom is 0.247 e. The minimum absolute atomic E-state index is 0.662. The molecule has 1 aliphatic rings. The van der Waals surface area contributed by atoms with Crippen molar-refractivity contribution in [2.24, 2.45) is 0 Å². The van der Waals surface area contributed by atoms with Crippen LogP contribution in [0.2, 0.25) is 0 Å². The summed E-state index contributed by atoms with van der Waals surface area (Å²) in [6.07, 6.45) is 5.60. The van der Waals surface area contributed by atoms with Gasteiger partial charge in [0, 0.05) is 37.6 Å². The van der Waals surface area contributed by atoms with E-state index in [1.165, 1.54) is 24.9 Å². The molecule has 0 aliphatic carbocycles. The second-order valence-corrected chi connectivity index (χ2v) is 6.03. The van der Waals surface area contributed by atoms with Gasteiger partial charge in [0.1, 0.15) is 0 Å². The monoisotopic (exact) mass is 326 g/mol. The van der Waals surface area contributed by atoms with E-state index in [1.54, 1.807) is 6.20 Å². The van der Waals surface area contributed by atoms with Crippen molar-refractivity contribution in [1.82, 2.24) is 15.2 Å². The highest BCUT2D eigenvalue weighted by molar-refractivity contribution is 5.61. The molecule has 1 aromatic carbocycles. The van der Waals surface area contributed by atoms with Gasteiger partial charge in [-0.1, -0.05) is 0 Å². The molecule has 2 heterocycles. The summed E-state index contributed by atoms with van der Waals surface area (Å²) in [6, 6.07) is 8.55. The molecule has 1 fully saturated rings. The smallest absolute Gasteiger partial charge is 0.247 e. The van der Waals surface area contributed by atoms with Gasteiger partial charge < -0.3 is 15.1 Å². The Morgan fingerprint density at radius 2 is 1.75 bits per heavy atom. The van der Waals surface area contributed by atoms with Gasteiger partial charge in [-0.3, -0.25) is 0 Å². The summed E-state index contributed by atoms with van der Waals surface area (Å²) in [5.74, 6) is 1.38. The second kappa shape index (κ2) is 7.95. The van der Waals surface area contributed by atoms with E-state index >= 15 is 0 Å². The highest BCUT2D eigenvalue weighted by Gasteiger charge is 2.11. The lowest BCUT2D eigenvalue weighted by atomic mass is 10.1. The lowest BCUT2D eigenvalue weighted by Crippen LogP contribution is -2.29. The van der Waals surface area contributed by atoms with Crippen LogP contribution >= 0.6 is 0 Å². The number of hydrogen-bond acceptors (Lipinski definition) is 6. The molecule has 0 amide bonds. The molecule has 0 unspecified atom stereocenters. The van der Waals surface area contributed by atoms with Crippen molar-refractivity contribution in [2.45, 2.75) is 33.1 Å². The van der Waals surface area contributed by atoms with E-state index in [0.29, 0.717) is 5.95 Å². The lowest BCUT2D eigenvalue weighted by Gasteiger charge is -2.28. The first kappa shape index (κ1) is 16.5. The third-order valence-corrected chi connectivity index (χ3v) is 4.45. The first-order valence-corrected chi connectivity index (χ1v) is 8.87. The minimum atomic E-state index is 0.662. The largest absolute Gasteiger partial charge is 0.372 e. The van der Waals surface area contributed by atoms with Crippen molar-refractivity contribution in [1.29, 1.82) is 0 Å². The Morgan fingerprint density at radius 1 is 1.04 bits per heavy atom. The van der Waals surface area contributed by atoms with E-state index in [9.17, 15) is 0 Å². The summed E-state index contributed by atoms with van der Waals surface area (Å²) in [6.45, 7) is 8.24. The van der Waals surface area contributed by atoms with E-state index in [4.69, 9.17) is 0 Å². The molecule has 1 saturated heterocycles. The molecule has 6 nitrogen and oxygen atoms in total. The Bertz CT molecular complexity index is 632. The third-order valence-electron chi connectivity index (χ3n) is 4.45. The predicted molar refractivity (Wildman–Crippen MR) is 99.2 cm³/mol. The maximum atomic E-state index is 4.55. The Morgan fingerprint density at radius 3 is 2.42 bits per heavy atom. The highest BCUT2D eigenvalue weighted by Crippen LogP contribution is 2.23. The average Bonchev–Trinajstić information content (AvgIpc) is 2.64. The van der Waals surface area contributed by atoms with Crippen LogP contribution in [-0.4, -0.2) is 41.4 Å². The molecule has 1 aliphatic heterocycles. The zero-order chi connectivity index (χ0) is 16.8. The number of rotatable bonds is 6. The first-order chi connectivity index (χ1) is 11.8. The number of anilines is 4. The minimum Gasteiger partial charge on any atom is -0.372 e. The number of piperidine rings is 1. The third kappa shape index (κ3) is 3.93. The van der Waals surface area contributed by atoms with Gasteiger partial charge in [0.15, 0.2) is 5.82 Å². The second-order valence-electron chi connectivity index (χ2n) is 6.03. The Kier molecular flexibility index (Phi) is 5.46. The molecule has 3 rings (SSSR count). The topological polar surface area (TPSA) is 57.2 Å². The Hall–Kier alpha value is -2.37. The van der Waals surface area contributed by atoms with E-state index in [2.05, 4.69) is 68.4 Å². The quantitative estimate of drug-likeness (QED) is 0.877. The van der Waals surface area contributed by atoms with Crippen LogP contribution in [0.15, 0.2) is 30.5 Å². The van der Waals surface area contributed by atoms with Gasteiger partial charge in [-0.25, -0.2) is 0 Å². The molecule has 1 N–H and O–H groups in total. The zero-order valence-electron chi connectivity index (χ0n) is 14.6. The van der Waals surface area contributed by atoms with Gasteiger partial charge in [-0.2, -0.15) is 10.1 Å². The standard InChI is InChI=1S/C18H26N6/c1-3-23(4-2)18-21-17(14-19-22-18)20-15-8-10-16(11-9-15)24-12-6-5-7-13-24/h8-11,14H,3-7,12-13H2,1-2H3,(H,20,21,22). The van der Waals surface area contributed by atoms with E-state index in [1.807, 2.05) is 0 Å². The summed E-state index contributed by atoms with van der Waals surface area (Å²) in [7, 11) is 0. The van der Waals surface area contributed by atoms with Crippen LogP contribution < -0.4 is 15.1 Å². The predicted octanol–water partition coefficient (Wildman–Crippen LogP) is 3.45. The molecule has 0 spiro atoms. The van der Waals surface area contributed by atoms with E-state index < -0.39 is 0 Å². The van der Waals surface area contributed by atoms with Crippen molar-refractivity contribution in [3.63, 3.8) is 0 Å². The van der Waals surface area contributed by atoms with Crippen LogP contribution in [0, 0.1) is 0 Å². The zero-order valence-corrected chi connectivity index (χ0v) is 14.6. The fourth-order valence-corrected chi connectivity index (χ4v) is 3.05. The van der Waals surface area contributed by atoms with E-state index in [-0.39, 0.29) is 0 Å². The van der Waals surface area contributed by atoms with Gasteiger partial charge in [-0.15, -0.1) is 5.10 Å². The number of benzene rings is 1. The van der Waals surface area contributed by atoms with Crippen LogP contribution in [0.5, 0.6) is 0 Å². The van der Waals surface area contributed by atoms with Crippen LogP contribution in [0.1, 0.15) is 33.1 Å². The summed E-state index contributed by atoms with van der Waals surface area (Å²) < 4.78 is 0.